The number of carbonyl (C=O) groups is 5. The number of hydrogen-bond acceptors (Lipinski definition) is 10. The first-order chi connectivity index (χ1) is 25.6. The molecule has 0 radical (unpaired) electrons. The van der Waals surface area contributed by atoms with Crippen molar-refractivity contribution in [3.05, 3.63) is 54.0 Å². The number of piperidine rings is 1. The van der Waals surface area contributed by atoms with Crippen LogP contribution in [0.15, 0.2) is 52.5 Å². The summed E-state index contributed by atoms with van der Waals surface area (Å²) in [6, 6.07) is 3.87. The third-order valence-corrected chi connectivity index (χ3v) is 9.81. The quantitative estimate of drug-likeness (QED) is 0.156. The van der Waals surface area contributed by atoms with Crippen LogP contribution in [-0.4, -0.2) is 102 Å². The predicted octanol–water partition coefficient (Wildman–Crippen LogP) is 5.02. The summed E-state index contributed by atoms with van der Waals surface area (Å²) in [4.78, 5) is 76.0. The normalized spacial score (nSPS) is 19.8. The van der Waals surface area contributed by atoms with Gasteiger partial charge in [-0.2, -0.15) is 0 Å². The summed E-state index contributed by atoms with van der Waals surface area (Å²) >= 11 is 0. The number of rotatable bonds is 16. The number of fused-ring (bicyclic) bond motifs is 1. The van der Waals surface area contributed by atoms with E-state index in [-0.39, 0.29) is 44.2 Å². The number of allylic oxidation sites excluding steroid dienone is 4. The van der Waals surface area contributed by atoms with Gasteiger partial charge in [-0.1, -0.05) is 49.8 Å². The standard InChI is InChI=1S/C39H54N6O8/c1-26(2)25-51-38(49)43-31(19-18-27-13-5-3-6-14-27)37(48)45-24-28(52-39(50)44-21-11-4-12-22-44)23-32(45)35(47)41-30(16-9-10-20-40)34(46)36-42-29-15-7-8-17-33(29)53-36/h3,5,7-8,13,15,17,26,28,30-32H,4,6,9-12,14,16,18-25,40H2,1-2H3,(H,41,47)(H,43,49)/t28-,30+,31-,32+/m1/s1. The third kappa shape index (κ3) is 11.1. The van der Waals surface area contributed by atoms with Crippen molar-refractivity contribution in [2.75, 3.05) is 32.8 Å². The fourth-order valence-electron chi connectivity index (χ4n) is 6.90. The molecule has 2 aliphatic heterocycles. The van der Waals surface area contributed by atoms with Crippen LogP contribution >= 0.6 is 0 Å². The van der Waals surface area contributed by atoms with Crippen molar-refractivity contribution < 1.29 is 37.9 Å². The molecule has 1 aromatic heterocycles. The van der Waals surface area contributed by atoms with E-state index in [1.54, 1.807) is 29.2 Å². The Bertz CT molecular complexity index is 1610. The van der Waals surface area contributed by atoms with Crippen molar-refractivity contribution in [3.8, 4) is 0 Å². The largest absolute Gasteiger partial charge is 0.449 e. The van der Waals surface area contributed by atoms with Crippen LogP contribution < -0.4 is 16.4 Å². The molecule has 5 rings (SSSR count). The summed E-state index contributed by atoms with van der Waals surface area (Å²) in [6.07, 6.45) is 10.9. The Morgan fingerprint density at radius 3 is 2.53 bits per heavy atom. The van der Waals surface area contributed by atoms with Gasteiger partial charge in [-0.25, -0.2) is 14.6 Å². The molecule has 14 nitrogen and oxygen atoms in total. The predicted molar refractivity (Wildman–Crippen MR) is 198 cm³/mol. The van der Waals surface area contributed by atoms with E-state index in [1.165, 1.54) is 4.90 Å². The van der Waals surface area contributed by atoms with Gasteiger partial charge < -0.3 is 40.1 Å². The molecule has 2 aromatic rings. The number of nitrogens with zero attached hydrogens (tertiary/aromatic N) is 3. The van der Waals surface area contributed by atoms with Crippen LogP contribution in [0.3, 0.4) is 0 Å². The lowest BCUT2D eigenvalue weighted by Crippen LogP contribution is -2.55. The summed E-state index contributed by atoms with van der Waals surface area (Å²) in [5, 5.41) is 5.63. The van der Waals surface area contributed by atoms with Gasteiger partial charge in [0.15, 0.2) is 5.58 Å². The molecule has 4 amide bonds. The second-order valence-corrected chi connectivity index (χ2v) is 14.5. The molecule has 288 valence electrons. The molecular weight excluding hydrogens is 680 g/mol. The number of benzene rings is 1. The van der Waals surface area contributed by atoms with E-state index in [1.807, 2.05) is 26.0 Å². The first-order valence-corrected chi connectivity index (χ1v) is 19.1. The van der Waals surface area contributed by atoms with Crippen LogP contribution in [0.2, 0.25) is 0 Å². The maximum absolute atomic E-state index is 14.5. The smallest absolute Gasteiger partial charge is 0.410 e. The summed E-state index contributed by atoms with van der Waals surface area (Å²) in [5.74, 6) is -1.63. The number of likely N-dealkylation sites (tertiary alicyclic amines) is 2. The van der Waals surface area contributed by atoms with Crippen LogP contribution in [0.25, 0.3) is 11.1 Å². The van der Waals surface area contributed by atoms with E-state index in [9.17, 15) is 24.0 Å². The highest BCUT2D eigenvalue weighted by atomic mass is 16.6. The van der Waals surface area contributed by atoms with Crippen LogP contribution in [0.4, 0.5) is 9.59 Å². The molecule has 0 unspecified atom stereocenters. The Morgan fingerprint density at radius 1 is 1.02 bits per heavy atom. The lowest BCUT2D eigenvalue weighted by molar-refractivity contribution is -0.140. The van der Waals surface area contributed by atoms with Crippen molar-refractivity contribution in [3.63, 3.8) is 0 Å². The number of alkyl carbamates (subject to hydrolysis) is 1. The number of amides is 4. The zero-order valence-electron chi connectivity index (χ0n) is 30.9. The van der Waals surface area contributed by atoms with Crippen LogP contribution in [0.5, 0.6) is 0 Å². The Balaban J connectivity index is 1.38. The summed E-state index contributed by atoms with van der Waals surface area (Å²) in [7, 11) is 0. The summed E-state index contributed by atoms with van der Waals surface area (Å²) in [6.45, 7) is 5.51. The molecule has 4 N–H and O–H groups in total. The van der Waals surface area contributed by atoms with Crippen LogP contribution in [0.1, 0.15) is 95.2 Å². The average molecular weight is 735 g/mol. The van der Waals surface area contributed by atoms with Crippen molar-refractivity contribution >= 4 is 40.9 Å². The van der Waals surface area contributed by atoms with Crippen molar-refractivity contribution in [2.24, 2.45) is 11.7 Å². The minimum Gasteiger partial charge on any atom is -0.449 e. The van der Waals surface area contributed by atoms with E-state index in [4.69, 9.17) is 19.6 Å². The number of aromatic nitrogens is 1. The number of oxazole rings is 1. The number of unbranched alkanes of at least 4 members (excludes halogenated alkanes) is 1. The first-order valence-electron chi connectivity index (χ1n) is 19.1. The number of para-hydroxylation sites is 2. The van der Waals surface area contributed by atoms with Gasteiger partial charge in [0.2, 0.25) is 17.6 Å². The van der Waals surface area contributed by atoms with Crippen molar-refractivity contribution in [1.82, 2.24) is 25.4 Å². The maximum atomic E-state index is 14.5. The van der Waals surface area contributed by atoms with Gasteiger partial charge in [0.25, 0.3) is 5.89 Å². The molecular formula is C39H54N6O8. The van der Waals surface area contributed by atoms with E-state index in [2.05, 4.69) is 21.7 Å². The zero-order valence-corrected chi connectivity index (χ0v) is 30.9. The summed E-state index contributed by atoms with van der Waals surface area (Å²) < 4.78 is 17.0. The fourth-order valence-corrected chi connectivity index (χ4v) is 6.90. The second kappa shape index (κ2) is 19.4. The SMILES string of the molecule is CC(C)COC(=O)N[C@H](CCC1=CC=CCC1)C(=O)N1C[C@H](OC(=O)N2CCCCC2)C[C@H]1C(=O)N[C@@H](CCCCN)C(=O)c1nc2ccccc2o1. The van der Waals surface area contributed by atoms with E-state index in [0.717, 1.165) is 37.7 Å². The number of nitrogens with two attached hydrogens (primary N) is 1. The lowest BCUT2D eigenvalue weighted by atomic mass is 9.97. The Kier molecular flexibility index (Phi) is 14.4. The van der Waals surface area contributed by atoms with Crippen LogP contribution in [0, 0.1) is 5.92 Å². The van der Waals surface area contributed by atoms with Crippen molar-refractivity contribution in [2.45, 2.75) is 109 Å². The van der Waals surface area contributed by atoms with Gasteiger partial charge in [0.1, 0.15) is 23.7 Å². The van der Waals surface area contributed by atoms with Gasteiger partial charge in [0, 0.05) is 19.5 Å². The fraction of sp³-hybridized carbons (Fsp3) is 0.590. The second-order valence-electron chi connectivity index (χ2n) is 14.5. The number of nitrogens with one attached hydrogen (secondary N) is 2. The highest BCUT2D eigenvalue weighted by Crippen LogP contribution is 2.26. The molecule has 2 saturated heterocycles. The number of carbonyl (C=O) groups excluding carboxylic acids is 5. The number of Topliss-reactive ketones (excluding diaryl/α,β-unsaturated/α-hetero) is 1. The highest BCUT2D eigenvalue weighted by molar-refractivity contribution is 6.01. The van der Waals surface area contributed by atoms with Gasteiger partial charge in [-0.15, -0.1) is 0 Å². The minimum atomic E-state index is -1.09. The third-order valence-electron chi connectivity index (χ3n) is 9.81. The Hall–Kier alpha value is -4.72. The zero-order chi connectivity index (χ0) is 37.7. The van der Waals surface area contributed by atoms with Gasteiger partial charge in [-0.3, -0.25) is 14.4 Å². The van der Waals surface area contributed by atoms with Gasteiger partial charge in [0.05, 0.1) is 19.2 Å². The molecule has 53 heavy (non-hydrogen) atoms. The van der Waals surface area contributed by atoms with Gasteiger partial charge >= 0.3 is 12.2 Å². The number of ether oxygens (including phenoxy) is 2. The molecule has 3 heterocycles. The minimum absolute atomic E-state index is 0.0181. The maximum Gasteiger partial charge on any atom is 0.410 e. The number of hydrogen-bond donors (Lipinski definition) is 3. The molecule has 0 spiro atoms. The average Bonchev–Trinajstić information content (AvgIpc) is 3.80. The molecule has 0 saturated carbocycles. The van der Waals surface area contributed by atoms with E-state index in [0.29, 0.717) is 50.0 Å². The molecule has 3 aliphatic rings. The first kappa shape index (κ1) is 39.5. The molecule has 14 heteroatoms. The highest BCUT2D eigenvalue weighted by Gasteiger charge is 2.45. The van der Waals surface area contributed by atoms with E-state index < -0.39 is 54.0 Å². The molecule has 2 fully saturated rings. The van der Waals surface area contributed by atoms with E-state index >= 15 is 0 Å². The topological polar surface area (TPSA) is 186 Å². The van der Waals surface area contributed by atoms with Crippen molar-refractivity contribution in [1.29, 1.82) is 0 Å². The Morgan fingerprint density at radius 2 is 1.81 bits per heavy atom. The van der Waals surface area contributed by atoms with Crippen LogP contribution in [-0.2, 0) is 19.1 Å². The molecule has 1 aliphatic carbocycles. The molecule has 0 bridgehead atoms. The molecule has 4 atom stereocenters. The molecule has 1 aromatic carbocycles. The lowest BCUT2D eigenvalue weighted by Gasteiger charge is -2.29. The monoisotopic (exact) mass is 734 g/mol. The Labute approximate surface area is 310 Å². The summed E-state index contributed by atoms with van der Waals surface area (Å²) in [5.41, 5.74) is 7.85. The number of ketones is 1. The van der Waals surface area contributed by atoms with Gasteiger partial charge in [-0.05, 0) is 88.8 Å².